The molecule has 0 aromatic heterocycles. The maximum absolute atomic E-state index is 11.5. The van der Waals surface area contributed by atoms with Crippen LogP contribution in [0.25, 0.3) is 0 Å². The molecule has 1 saturated heterocycles. The number of hydrogen-bond donors (Lipinski definition) is 4. The van der Waals surface area contributed by atoms with Crippen molar-refractivity contribution in [2.24, 2.45) is 0 Å². The summed E-state index contributed by atoms with van der Waals surface area (Å²) in [5.41, 5.74) is 1.80. The zero-order valence-electron chi connectivity index (χ0n) is 17.8. The molecule has 1 aliphatic heterocycles. The van der Waals surface area contributed by atoms with E-state index in [1.165, 1.54) is 7.11 Å². The van der Waals surface area contributed by atoms with E-state index >= 15 is 0 Å². The van der Waals surface area contributed by atoms with Crippen molar-refractivity contribution in [2.75, 3.05) is 13.7 Å². The number of aliphatic hydroxyl groups excluding tert-OH is 4. The zero-order chi connectivity index (χ0) is 23.0. The van der Waals surface area contributed by atoms with Crippen LogP contribution in [0.5, 0.6) is 5.75 Å². The fraction of sp³-hybridized carbons (Fsp3) is 0.435. The van der Waals surface area contributed by atoms with Gasteiger partial charge in [0.15, 0.2) is 0 Å². The van der Waals surface area contributed by atoms with E-state index in [4.69, 9.17) is 9.47 Å². The van der Waals surface area contributed by atoms with Gasteiger partial charge in [0.25, 0.3) is 0 Å². The molecule has 170 valence electrons. The fourth-order valence-corrected chi connectivity index (χ4v) is 3.21. The first-order valence-electron chi connectivity index (χ1n) is 10.1. The highest BCUT2D eigenvalue weighted by molar-refractivity contribution is 5.89. The number of methoxy groups -OCH3 is 1. The molecule has 1 fully saturated rings. The van der Waals surface area contributed by atoms with Gasteiger partial charge in [-0.15, -0.1) is 0 Å². The highest BCUT2D eigenvalue weighted by atomic mass is 16.5. The molecule has 3 rings (SSSR count). The number of aliphatic hydroxyl groups is 4. The topological polar surface area (TPSA) is 126 Å². The third-order valence-electron chi connectivity index (χ3n) is 4.85. The van der Waals surface area contributed by atoms with E-state index in [1.807, 2.05) is 19.9 Å². The van der Waals surface area contributed by atoms with E-state index in [0.29, 0.717) is 16.9 Å². The lowest BCUT2D eigenvalue weighted by Crippen LogP contribution is -2.55. The van der Waals surface area contributed by atoms with Gasteiger partial charge in [0, 0.05) is 0 Å². The summed E-state index contributed by atoms with van der Waals surface area (Å²) < 4.78 is 16.0. The van der Waals surface area contributed by atoms with E-state index in [9.17, 15) is 25.2 Å². The van der Waals surface area contributed by atoms with Crippen LogP contribution in [-0.2, 0) is 16.1 Å². The molecule has 0 aliphatic carbocycles. The van der Waals surface area contributed by atoms with E-state index in [2.05, 4.69) is 4.74 Å². The molecule has 31 heavy (non-hydrogen) atoms. The average Bonchev–Trinajstić information content (AvgIpc) is 2.82. The second-order valence-electron chi connectivity index (χ2n) is 6.80. The fourth-order valence-electron chi connectivity index (χ4n) is 3.21. The number of rotatable bonds is 6. The van der Waals surface area contributed by atoms with E-state index in [0.717, 1.165) is 5.56 Å². The lowest BCUT2D eigenvalue weighted by Gasteiger charge is -2.40. The van der Waals surface area contributed by atoms with Crippen LogP contribution < -0.4 is 4.74 Å². The Labute approximate surface area is 181 Å². The van der Waals surface area contributed by atoms with Crippen LogP contribution in [-0.4, -0.2) is 64.5 Å². The molecule has 8 nitrogen and oxygen atoms in total. The van der Waals surface area contributed by atoms with Crippen LogP contribution in [0, 0.1) is 0 Å². The predicted molar refractivity (Wildman–Crippen MR) is 113 cm³/mol. The summed E-state index contributed by atoms with van der Waals surface area (Å²) in [5.74, 6) is 0.139. The molecule has 1 heterocycles. The molecular formula is C23H30O8. The monoisotopic (exact) mass is 434 g/mol. The molecule has 0 saturated carbocycles. The molecule has 0 bridgehead atoms. The lowest BCUT2D eigenvalue weighted by atomic mass is 9.91. The molecule has 3 unspecified atom stereocenters. The summed E-state index contributed by atoms with van der Waals surface area (Å²) in [6.07, 6.45) is -6.03. The Morgan fingerprint density at radius 2 is 1.68 bits per heavy atom. The van der Waals surface area contributed by atoms with Gasteiger partial charge in [0.05, 0.1) is 19.3 Å². The van der Waals surface area contributed by atoms with Gasteiger partial charge in [0.2, 0.25) is 0 Å². The minimum Gasteiger partial charge on any atom is -0.489 e. The molecule has 4 N–H and O–H groups in total. The first-order chi connectivity index (χ1) is 14.9. The summed E-state index contributed by atoms with van der Waals surface area (Å²) in [7, 11) is 1.31. The molecule has 2 aromatic carbocycles. The number of benzene rings is 2. The SMILES string of the molecule is CC.COC(=O)c1ccc(OCc2cccc([C@H]3OC(CO)[C@@H](O)C(O)C3O)c2)cc1. The Balaban J connectivity index is 0.00000166. The van der Waals surface area contributed by atoms with Crippen molar-refractivity contribution < 1.29 is 39.4 Å². The highest BCUT2D eigenvalue weighted by Crippen LogP contribution is 2.32. The summed E-state index contributed by atoms with van der Waals surface area (Å²) in [4.78, 5) is 11.5. The van der Waals surface area contributed by atoms with Crippen LogP contribution in [0.15, 0.2) is 48.5 Å². The third-order valence-corrected chi connectivity index (χ3v) is 4.85. The number of carbonyl (C=O) groups is 1. The third kappa shape index (κ3) is 6.03. The Kier molecular flexibility index (Phi) is 9.42. The second-order valence-corrected chi connectivity index (χ2v) is 6.80. The Hall–Kier alpha value is -2.49. The minimum atomic E-state index is -1.43. The number of esters is 1. The van der Waals surface area contributed by atoms with Crippen molar-refractivity contribution in [2.45, 2.75) is 51.0 Å². The maximum atomic E-state index is 11.5. The van der Waals surface area contributed by atoms with Gasteiger partial charge in [-0.2, -0.15) is 0 Å². The first kappa shape index (κ1) is 24.8. The highest BCUT2D eigenvalue weighted by Gasteiger charge is 2.43. The quantitative estimate of drug-likeness (QED) is 0.505. The normalized spacial score (nSPS) is 25.2. The molecular weight excluding hydrogens is 404 g/mol. The van der Waals surface area contributed by atoms with Crippen LogP contribution in [0.3, 0.4) is 0 Å². The predicted octanol–water partition coefficient (Wildman–Crippen LogP) is 1.59. The molecule has 0 amide bonds. The van der Waals surface area contributed by atoms with Crippen molar-refractivity contribution in [1.82, 2.24) is 0 Å². The summed E-state index contributed by atoms with van der Waals surface area (Å²) >= 11 is 0. The van der Waals surface area contributed by atoms with Crippen molar-refractivity contribution in [3.05, 3.63) is 65.2 Å². The van der Waals surface area contributed by atoms with Crippen LogP contribution >= 0.6 is 0 Å². The first-order valence-corrected chi connectivity index (χ1v) is 10.1. The summed E-state index contributed by atoms with van der Waals surface area (Å²) in [6.45, 7) is 3.74. The average molecular weight is 434 g/mol. The number of hydrogen-bond acceptors (Lipinski definition) is 8. The molecule has 1 aliphatic rings. The number of ether oxygens (including phenoxy) is 3. The van der Waals surface area contributed by atoms with Gasteiger partial charge in [-0.1, -0.05) is 32.0 Å². The van der Waals surface area contributed by atoms with Gasteiger partial charge < -0.3 is 34.6 Å². The van der Waals surface area contributed by atoms with E-state index < -0.39 is 43.1 Å². The van der Waals surface area contributed by atoms with Gasteiger partial charge >= 0.3 is 5.97 Å². The Morgan fingerprint density at radius 3 is 2.29 bits per heavy atom. The summed E-state index contributed by atoms with van der Waals surface area (Å²) in [6, 6.07) is 13.6. The van der Waals surface area contributed by atoms with Crippen molar-refractivity contribution in [3.8, 4) is 5.75 Å². The van der Waals surface area contributed by atoms with Gasteiger partial charge in [0.1, 0.15) is 42.9 Å². The minimum absolute atomic E-state index is 0.225. The van der Waals surface area contributed by atoms with Crippen LogP contribution in [0.4, 0.5) is 0 Å². The molecule has 5 atom stereocenters. The molecule has 8 heteroatoms. The zero-order valence-corrected chi connectivity index (χ0v) is 17.8. The molecule has 0 radical (unpaired) electrons. The maximum Gasteiger partial charge on any atom is 0.337 e. The van der Waals surface area contributed by atoms with Crippen molar-refractivity contribution >= 4 is 5.97 Å². The van der Waals surface area contributed by atoms with Gasteiger partial charge in [-0.05, 0) is 41.5 Å². The largest absolute Gasteiger partial charge is 0.489 e. The second kappa shape index (κ2) is 11.8. The van der Waals surface area contributed by atoms with Crippen LogP contribution in [0.2, 0.25) is 0 Å². The van der Waals surface area contributed by atoms with E-state index in [1.54, 1.807) is 42.5 Å². The van der Waals surface area contributed by atoms with Crippen molar-refractivity contribution in [1.29, 1.82) is 0 Å². The Bertz CT molecular complexity index is 821. The number of carbonyl (C=O) groups excluding carboxylic acids is 1. The van der Waals surface area contributed by atoms with Gasteiger partial charge in [-0.25, -0.2) is 4.79 Å². The van der Waals surface area contributed by atoms with Gasteiger partial charge in [-0.3, -0.25) is 0 Å². The summed E-state index contributed by atoms with van der Waals surface area (Å²) in [5, 5.41) is 39.5. The van der Waals surface area contributed by atoms with E-state index in [-0.39, 0.29) is 6.61 Å². The molecule has 0 spiro atoms. The molecule has 2 aromatic rings. The smallest absolute Gasteiger partial charge is 0.337 e. The Morgan fingerprint density at radius 1 is 1.00 bits per heavy atom. The standard InChI is InChI=1S/C21H24O8.C2H6/c1-27-21(26)13-5-7-15(8-6-13)28-11-12-3-2-4-14(9-12)20-19(25)18(24)17(23)16(10-22)29-20;1-2/h2-9,16-20,22-25H,10-11H2,1H3;1-2H3/t16?,17-,18?,19?,20-;/m1./s1. The van der Waals surface area contributed by atoms with Crippen LogP contribution in [0.1, 0.15) is 41.4 Å². The lowest BCUT2D eigenvalue weighted by molar-refractivity contribution is -0.231. The van der Waals surface area contributed by atoms with Crippen molar-refractivity contribution in [3.63, 3.8) is 0 Å².